The van der Waals surface area contributed by atoms with Crippen molar-refractivity contribution in [1.82, 2.24) is 9.88 Å². The Bertz CT molecular complexity index is 983. The lowest BCUT2D eigenvalue weighted by Gasteiger charge is -2.27. The van der Waals surface area contributed by atoms with Crippen LogP contribution in [0.1, 0.15) is 28.5 Å². The smallest absolute Gasteiger partial charge is 0.268 e. The number of ether oxygens (including phenoxy) is 1. The number of carbonyl (C=O) groups excluding carboxylic acids is 1. The Morgan fingerprint density at radius 1 is 1.28 bits per heavy atom. The van der Waals surface area contributed by atoms with E-state index in [1.165, 1.54) is 0 Å². The summed E-state index contributed by atoms with van der Waals surface area (Å²) < 4.78 is 7.52. The van der Waals surface area contributed by atoms with Crippen molar-refractivity contribution in [2.24, 2.45) is 7.05 Å². The summed E-state index contributed by atoms with van der Waals surface area (Å²) in [6.45, 7) is 0.548. The Labute approximate surface area is 152 Å². The average Bonchev–Trinajstić information content (AvgIpc) is 2.91. The van der Waals surface area contributed by atoms with Crippen LogP contribution in [0.2, 0.25) is 5.02 Å². The monoisotopic (exact) mass is 350 g/mol. The topological polar surface area (TPSA) is 43.3 Å². The highest BCUT2D eigenvalue weighted by Gasteiger charge is 2.24. The summed E-state index contributed by atoms with van der Waals surface area (Å²) in [5, 5.41) is 4.75. The van der Waals surface area contributed by atoms with E-state index in [0.29, 0.717) is 22.8 Å². The minimum atomic E-state index is -0.121. The molecule has 0 saturated heterocycles. The molecule has 2 radical (unpaired) electrons. The summed E-state index contributed by atoms with van der Waals surface area (Å²) in [5.41, 5.74) is 3.13. The van der Waals surface area contributed by atoms with Crippen LogP contribution < -0.4 is 15.5 Å². The van der Waals surface area contributed by atoms with Gasteiger partial charge in [-0.2, -0.15) is 0 Å². The van der Waals surface area contributed by atoms with Crippen molar-refractivity contribution in [2.75, 3.05) is 6.61 Å². The zero-order chi connectivity index (χ0) is 17.6. The zero-order valence-electron chi connectivity index (χ0n) is 13.8. The second kappa shape index (κ2) is 6.15. The van der Waals surface area contributed by atoms with Gasteiger partial charge in [-0.05, 0) is 24.3 Å². The van der Waals surface area contributed by atoms with E-state index in [4.69, 9.17) is 24.2 Å². The molecule has 1 aromatic heterocycles. The van der Waals surface area contributed by atoms with Gasteiger partial charge in [0.1, 0.15) is 19.3 Å². The van der Waals surface area contributed by atoms with E-state index in [0.717, 1.165) is 28.6 Å². The summed E-state index contributed by atoms with van der Waals surface area (Å²) in [6.07, 6.45) is 0.721. The summed E-state index contributed by atoms with van der Waals surface area (Å²) >= 11 is 6.07. The predicted octanol–water partition coefficient (Wildman–Crippen LogP) is 2.88. The van der Waals surface area contributed by atoms with E-state index in [1.54, 1.807) is 6.07 Å². The fraction of sp³-hybridized carbons (Fsp3) is 0.211. The molecule has 6 heteroatoms. The summed E-state index contributed by atoms with van der Waals surface area (Å²) in [6, 6.07) is 12.9. The molecule has 0 saturated carbocycles. The molecule has 1 atom stereocenters. The maximum Gasteiger partial charge on any atom is 0.268 e. The Morgan fingerprint density at radius 3 is 2.96 bits per heavy atom. The second-order valence-electron chi connectivity index (χ2n) is 6.25. The van der Waals surface area contributed by atoms with Gasteiger partial charge in [-0.15, -0.1) is 0 Å². The SMILES string of the molecule is [B]c1ccc2c(c1)OCCC2NC(=O)c1cc2ccc(Cl)cc2n1C. The van der Waals surface area contributed by atoms with Gasteiger partial charge in [-0.25, -0.2) is 0 Å². The number of fused-ring (bicyclic) bond motifs is 2. The highest BCUT2D eigenvalue weighted by Crippen LogP contribution is 2.31. The van der Waals surface area contributed by atoms with Crippen LogP contribution in [0, 0.1) is 0 Å². The number of amides is 1. The van der Waals surface area contributed by atoms with Crippen LogP contribution in [0.5, 0.6) is 5.75 Å². The quantitative estimate of drug-likeness (QED) is 0.722. The Balaban J connectivity index is 1.64. The molecule has 1 amide bonds. The molecule has 1 aliphatic rings. The molecule has 1 N–H and O–H groups in total. The molecule has 2 heterocycles. The van der Waals surface area contributed by atoms with Gasteiger partial charge in [0.05, 0.1) is 12.6 Å². The number of hydrogen-bond acceptors (Lipinski definition) is 2. The summed E-state index contributed by atoms with van der Waals surface area (Å²) in [7, 11) is 7.68. The van der Waals surface area contributed by atoms with Gasteiger partial charge in [-0.1, -0.05) is 35.3 Å². The highest BCUT2D eigenvalue weighted by atomic mass is 35.5. The van der Waals surface area contributed by atoms with Crippen molar-refractivity contribution in [3.05, 3.63) is 58.7 Å². The van der Waals surface area contributed by atoms with E-state index in [9.17, 15) is 4.79 Å². The molecule has 124 valence electrons. The van der Waals surface area contributed by atoms with E-state index in [1.807, 2.05) is 48.0 Å². The minimum absolute atomic E-state index is 0.0987. The Hall–Kier alpha value is -2.40. The summed E-state index contributed by atoms with van der Waals surface area (Å²) in [4.78, 5) is 12.8. The molecular weight excluding hydrogens is 334 g/mol. The molecule has 1 unspecified atom stereocenters. The first-order valence-electron chi connectivity index (χ1n) is 8.11. The van der Waals surface area contributed by atoms with Gasteiger partial charge in [0, 0.05) is 35.0 Å². The molecule has 0 aliphatic carbocycles. The average molecular weight is 351 g/mol. The molecule has 2 aromatic carbocycles. The van der Waals surface area contributed by atoms with Crippen molar-refractivity contribution in [1.29, 1.82) is 0 Å². The Morgan fingerprint density at radius 2 is 2.12 bits per heavy atom. The van der Waals surface area contributed by atoms with Gasteiger partial charge < -0.3 is 14.6 Å². The van der Waals surface area contributed by atoms with Crippen LogP contribution in [-0.4, -0.2) is 24.9 Å². The highest BCUT2D eigenvalue weighted by molar-refractivity contribution is 6.32. The second-order valence-corrected chi connectivity index (χ2v) is 6.69. The van der Waals surface area contributed by atoms with E-state index >= 15 is 0 Å². The van der Waals surface area contributed by atoms with Crippen molar-refractivity contribution in [2.45, 2.75) is 12.5 Å². The number of halogens is 1. The first kappa shape index (κ1) is 16.1. The number of nitrogens with one attached hydrogen (secondary N) is 1. The number of nitrogens with zero attached hydrogens (tertiary/aromatic N) is 1. The summed E-state index contributed by atoms with van der Waals surface area (Å²) in [5.74, 6) is 0.616. The minimum Gasteiger partial charge on any atom is -0.493 e. The lowest BCUT2D eigenvalue weighted by molar-refractivity contribution is 0.0917. The number of hydrogen-bond donors (Lipinski definition) is 1. The molecule has 4 nitrogen and oxygen atoms in total. The van der Waals surface area contributed by atoms with Crippen LogP contribution in [0.15, 0.2) is 42.5 Å². The first-order chi connectivity index (χ1) is 12.0. The zero-order valence-corrected chi connectivity index (χ0v) is 14.5. The number of carbonyl (C=O) groups is 1. The lowest BCUT2D eigenvalue weighted by atomic mass is 9.91. The number of aromatic nitrogens is 1. The maximum absolute atomic E-state index is 12.8. The fourth-order valence-electron chi connectivity index (χ4n) is 3.31. The van der Waals surface area contributed by atoms with Gasteiger partial charge in [0.25, 0.3) is 5.91 Å². The van der Waals surface area contributed by atoms with Gasteiger partial charge in [0.15, 0.2) is 0 Å². The molecule has 4 rings (SSSR count). The van der Waals surface area contributed by atoms with Crippen LogP contribution in [0.25, 0.3) is 10.9 Å². The number of aryl methyl sites for hydroxylation is 1. The van der Waals surface area contributed by atoms with E-state index in [2.05, 4.69) is 5.32 Å². The van der Waals surface area contributed by atoms with Crippen molar-refractivity contribution >= 4 is 41.7 Å². The third-order valence-corrected chi connectivity index (χ3v) is 4.86. The molecule has 0 bridgehead atoms. The molecule has 0 fully saturated rings. The number of benzene rings is 2. The normalized spacial score (nSPS) is 16.3. The lowest BCUT2D eigenvalue weighted by Crippen LogP contribution is -2.33. The van der Waals surface area contributed by atoms with Crippen LogP contribution in [0.3, 0.4) is 0 Å². The van der Waals surface area contributed by atoms with E-state index in [-0.39, 0.29) is 11.9 Å². The fourth-order valence-corrected chi connectivity index (χ4v) is 3.48. The van der Waals surface area contributed by atoms with Crippen molar-refractivity contribution in [3.8, 4) is 5.75 Å². The van der Waals surface area contributed by atoms with Crippen LogP contribution in [-0.2, 0) is 7.05 Å². The van der Waals surface area contributed by atoms with Gasteiger partial charge >= 0.3 is 0 Å². The maximum atomic E-state index is 12.8. The number of rotatable bonds is 2. The third kappa shape index (κ3) is 2.89. The van der Waals surface area contributed by atoms with Gasteiger partial charge in [0.2, 0.25) is 0 Å². The largest absolute Gasteiger partial charge is 0.493 e. The standard InChI is InChI=1S/C19H16BClN2O2/c1-23-16-10-13(21)4-2-11(16)8-17(23)19(24)22-15-6-7-25-18-9-12(20)3-5-14(15)18/h2-5,8-10,15H,6-7H2,1H3,(H,22,24). The molecule has 1 aliphatic heterocycles. The molecular formula is C19H16BClN2O2. The van der Waals surface area contributed by atoms with Crippen LogP contribution in [0.4, 0.5) is 0 Å². The first-order valence-corrected chi connectivity index (χ1v) is 8.49. The van der Waals surface area contributed by atoms with Crippen molar-refractivity contribution < 1.29 is 9.53 Å². The van der Waals surface area contributed by atoms with Gasteiger partial charge in [-0.3, -0.25) is 4.79 Å². The van der Waals surface area contributed by atoms with E-state index < -0.39 is 0 Å². The predicted molar refractivity (Wildman–Crippen MR) is 100 cm³/mol. The third-order valence-electron chi connectivity index (χ3n) is 4.62. The molecule has 3 aromatic rings. The molecule has 25 heavy (non-hydrogen) atoms. The molecule has 0 spiro atoms. The Kier molecular flexibility index (Phi) is 3.96. The van der Waals surface area contributed by atoms with Crippen molar-refractivity contribution in [3.63, 3.8) is 0 Å². The van der Waals surface area contributed by atoms with Crippen LogP contribution >= 0.6 is 11.6 Å².